The Bertz CT molecular complexity index is 304. The molecule has 0 bridgehead atoms. The summed E-state index contributed by atoms with van der Waals surface area (Å²) in [6.45, 7) is 6.83. The third-order valence-electron chi connectivity index (χ3n) is 2.82. The Morgan fingerprint density at radius 3 is 2.69 bits per heavy atom. The van der Waals surface area contributed by atoms with Crippen LogP contribution in [-0.4, -0.2) is 12.1 Å². The largest absolute Gasteiger partial charge is 0.366 e. The van der Waals surface area contributed by atoms with E-state index >= 15 is 0 Å². The highest BCUT2D eigenvalue weighted by molar-refractivity contribution is 5.59. The fourth-order valence-corrected chi connectivity index (χ4v) is 2.38. The number of para-hydroxylation sites is 1. The highest BCUT2D eigenvalue weighted by Gasteiger charge is 2.26. The van der Waals surface area contributed by atoms with Crippen molar-refractivity contribution in [2.75, 3.05) is 4.90 Å². The van der Waals surface area contributed by atoms with Gasteiger partial charge in [0.25, 0.3) is 0 Å². The van der Waals surface area contributed by atoms with Gasteiger partial charge in [-0.1, -0.05) is 18.2 Å². The van der Waals surface area contributed by atoms with E-state index in [-0.39, 0.29) is 0 Å². The average Bonchev–Trinajstić information content (AvgIpc) is 2.39. The molecule has 1 aliphatic heterocycles. The molecule has 1 aromatic carbocycles. The summed E-state index contributed by atoms with van der Waals surface area (Å²) in [6.07, 6.45) is 1.20. The molecule has 1 heterocycles. The molecule has 0 spiro atoms. The zero-order valence-corrected chi connectivity index (χ0v) is 8.62. The predicted molar refractivity (Wildman–Crippen MR) is 57.2 cm³/mol. The van der Waals surface area contributed by atoms with E-state index in [2.05, 4.69) is 49.9 Å². The third kappa shape index (κ3) is 1.32. The summed E-state index contributed by atoms with van der Waals surface area (Å²) in [5, 5.41) is 0. The minimum Gasteiger partial charge on any atom is -0.366 e. The van der Waals surface area contributed by atoms with Crippen molar-refractivity contribution in [3.63, 3.8) is 0 Å². The van der Waals surface area contributed by atoms with Crippen molar-refractivity contribution in [2.45, 2.75) is 39.3 Å². The summed E-state index contributed by atoms with van der Waals surface area (Å²) in [5.74, 6) is 0. The van der Waals surface area contributed by atoms with Crippen LogP contribution >= 0.6 is 0 Å². The molecule has 2 rings (SSSR count). The van der Waals surface area contributed by atoms with E-state index in [9.17, 15) is 0 Å². The highest BCUT2D eigenvalue weighted by Crippen LogP contribution is 2.33. The van der Waals surface area contributed by atoms with E-state index in [4.69, 9.17) is 0 Å². The van der Waals surface area contributed by atoms with Gasteiger partial charge in [-0.3, -0.25) is 0 Å². The van der Waals surface area contributed by atoms with E-state index in [1.54, 1.807) is 0 Å². The van der Waals surface area contributed by atoms with Gasteiger partial charge in [-0.05, 0) is 38.8 Å². The Kier molecular flexibility index (Phi) is 2.03. The summed E-state index contributed by atoms with van der Waals surface area (Å²) in [7, 11) is 0. The number of hydrogen-bond donors (Lipinski definition) is 0. The minimum atomic E-state index is 0.610. The van der Waals surface area contributed by atoms with Crippen LogP contribution in [0.1, 0.15) is 26.3 Å². The molecule has 1 aliphatic rings. The van der Waals surface area contributed by atoms with Crippen molar-refractivity contribution in [3.8, 4) is 0 Å². The first-order chi connectivity index (χ1) is 6.20. The quantitative estimate of drug-likeness (QED) is 0.634. The minimum absolute atomic E-state index is 0.610. The van der Waals surface area contributed by atoms with E-state index < -0.39 is 0 Å². The second-order valence-electron chi connectivity index (χ2n) is 4.18. The Morgan fingerprint density at radius 1 is 1.31 bits per heavy atom. The second kappa shape index (κ2) is 3.06. The average molecular weight is 175 g/mol. The molecule has 0 radical (unpaired) electrons. The van der Waals surface area contributed by atoms with Gasteiger partial charge in [-0.2, -0.15) is 0 Å². The first-order valence-electron chi connectivity index (χ1n) is 5.06. The van der Waals surface area contributed by atoms with E-state index in [1.165, 1.54) is 17.7 Å². The van der Waals surface area contributed by atoms with Crippen LogP contribution in [-0.2, 0) is 6.42 Å². The van der Waals surface area contributed by atoms with Crippen molar-refractivity contribution in [2.24, 2.45) is 0 Å². The Hall–Kier alpha value is -0.980. The van der Waals surface area contributed by atoms with Crippen LogP contribution < -0.4 is 4.90 Å². The topological polar surface area (TPSA) is 3.24 Å². The zero-order valence-electron chi connectivity index (χ0n) is 8.62. The third-order valence-corrected chi connectivity index (χ3v) is 2.82. The standard InChI is InChI=1S/C12H17N/c1-9(2)13-10(3)8-11-6-4-5-7-12(11)13/h4-7,9-10H,8H2,1-3H3/t10-/m1/s1. The van der Waals surface area contributed by atoms with E-state index in [1.807, 2.05) is 0 Å². The number of anilines is 1. The van der Waals surface area contributed by atoms with Crippen LogP contribution in [0.4, 0.5) is 5.69 Å². The maximum absolute atomic E-state index is 2.51. The highest BCUT2D eigenvalue weighted by atomic mass is 15.2. The number of hydrogen-bond acceptors (Lipinski definition) is 1. The molecule has 0 fully saturated rings. The van der Waals surface area contributed by atoms with E-state index in [0.717, 1.165) is 0 Å². The van der Waals surface area contributed by atoms with Crippen molar-refractivity contribution >= 4 is 5.69 Å². The molecule has 0 N–H and O–H groups in total. The van der Waals surface area contributed by atoms with Crippen LogP contribution in [0.5, 0.6) is 0 Å². The molecule has 0 saturated carbocycles. The van der Waals surface area contributed by atoms with Crippen LogP contribution in [0.15, 0.2) is 24.3 Å². The molecular weight excluding hydrogens is 158 g/mol. The molecular formula is C12H17N. The molecule has 0 aromatic heterocycles. The molecule has 0 unspecified atom stereocenters. The van der Waals surface area contributed by atoms with Crippen molar-refractivity contribution in [1.82, 2.24) is 0 Å². The molecule has 0 amide bonds. The van der Waals surface area contributed by atoms with Gasteiger partial charge in [0, 0.05) is 17.8 Å². The molecule has 13 heavy (non-hydrogen) atoms. The summed E-state index contributed by atoms with van der Waals surface area (Å²) < 4.78 is 0. The molecule has 0 saturated heterocycles. The lowest BCUT2D eigenvalue weighted by Gasteiger charge is -2.29. The van der Waals surface area contributed by atoms with Gasteiger partial charge in [0.05, 0.1) is 0 Å². The summed E-state index contributed by atoms with van der Waals surface area (Å²) in [5.41, 5.74) is 2.94. The molecule has 1 nitrogen and oxygen atoms in total. The summed E-state index contributed by atoms with van der Waals surface area (Å²) in [6, 6.07) is 10.0. The first kappa shape index (κ1) is 8.61. The first-order valence-corrected chi connectivity index (χ1v) is 5.06. The molecule has 0 aliphatic carbocycles. The molecule has 1 heteroatoms. The Morgan fingerprint density at radius 2 is 2.00 bits per heavy atom. The fourth-order valence-electron chi connectivity index (χ4n) is 2.38. The van der Waals surface area contributed by atoms with Crippen LogP contribution in [0, 0.1) is 0 Å². The number of benzene rings is 1. The smallest absolute Gasteiger partial charge is 0.0404 e. The summed E-state index contributed by atoms with van der Waals surface area (Å²) >= 11 is 0. The fraction of sp³-hybridized carbons (Fsp3) is 0.500. The monoisotopic (exact) mass is 175 g/mol. The number of rotatable bonds is 1. The molecule has 1 aromatic rings. The normalized spacial score (nSPS) is 20.9. The van der Waals surface area contributed by atoms with Crippen LogP contribution in [0.3, 0.4) is 0 Å². The molecule has 1 atom stereocenters. The predicted octanol–water partition coefficient (Wildman–Crippen LogP) is 2.85. The Labute approximate surface area is 80.4 Å². The maximum Gasteiger partial charge on any atom is 0.0404 e. The van der Waals surface area contributed by atoms with Gasteiger partial charge in [-0.15, -0.1) is 0 Å². The van der Waals surface area contributed by atoms with Crippen molar-refractivity contribution in [1.29, 1.82) is 0 Å². The summed E-state index contributed by atoms with van der Waals surface area (Å²) in [4.78, 5) is 2.51. The van der Waals surface area contributed by atoms with Crippen LogP contribution in [0.25, 0.3) is 0 Å². The van der Waals surface area contributed by atoms with Crippen molar-refractivity contribution in [3.05, 3.63) is 29.8 Å². The van der Waals surface area contributed by atoms with Gasteiger partial charge >= 0.3 is 0 Å². The van der Waals surface area contributed by atoms with Gasteiger partial charge in [-0.25, -0.2) is 0 Å². The van der Waals surface area contributed by atoms with Gasteiger partial charge in [0.15, 0.2) is 0 Å². The van der Waals surface area contributed by atoms with Gasteiger partial charge in [0.2, 0.25) is 0 Å². The number of nitrogens with zero attached hydrogens (tertiary/aromatic N) is 1. The van der Waals surface area contributed by atoms with Crippen molar-refractivity contribution < 1.29 is 0 Å². The lowest BCUT2D eigenvalue weighted by atomic mass is 10.1. The lowest BCUT2D eigenvalue weighted by Crippen LogP contribution is -2.35. The zero-order chi connectivity index (χ0) is 9.42. The SMILES string of the molecule is CC(C)N1c2ccccc2C[C@H]1C. The second-order valence-corrected chi connectivity index (χ2v) is 4.18. The van der Waals surface area contributed by atoms with E-state index in [0.29, 0.717) is 12.1 Å². The Balaban J connectivity index is 2.40. The maximum atomic E-state index is 2.51. The van der Waals surface area contributed by atoms with Crippen LogP contribution in [0.2, 0.25) is 0 Å². The van der Waals surface area contributed by atoms with Gasteiger partial charge < -0.3 is 4.90 Å². The molecule has 70 valence electrons. The lowest BCUT2D eigenvalue weighted by molar-refractivity contribution is 0.606. The van der Waals surface area contributed by atoms with Gasteiger partial charge in [0.1, 0.15) is 0 Å². The number of fused-ring (bicyclic) bond motifs is 1.